The lowest BCUT2D eigenvalue weighted by atomic mass is 10.00. The van der Waals surface area contributed by atoms with Crippen LogP contribution in [0.1, 0.15) is 18.8 Å². The van der Waals surface area contributed by atoms with Gasteiger partial charge in [0.05, 0.1) is 19.4 Å². The number of carbonyl (C=O) groups excluding carboxylic acids is 1. The highest BCUT2D eigenvalue weighted by molar-refractivity contribution is 5.91. The van der Waals surface area contributed by atoms with Gasteiger partial charge < -0.3 is 14.8 Å². The number of hydrogen-bond acceptors (Lipinski definition) is 4. The molecule has 20 heavy (non-hydrogen) atoms. The molecule has 1 aromatic carbocycles. The van der Waals surface area contributed by atoms with Crippen LogP contribution in [-0.2, 0) is 14.3 Å². The number of rotatable bonds is 3. The second-order valence-corrected chi connectivity index (χ2v) is 4.51. The Labute approximate surface area is 116 Å². The standard InChI is InChI=1S/C14H15N3O3/c1-9(18)17-12-4-2-3-11(10-7-15-16-8-10)13(12)14-19-5-6-20-14/h2-4,7-8,14H,5-6H2,1H3,(H,15,16)(H,17,18). The molecule has 0 bridgehead atoms. The maximum absolute atomic E-state index is 11.4. The van der Waals surface area contributed by atoms with Gasteiger partial charge in [-0.2, -0.15) is 5.10 Å². The van der Waals surface area contributed by atoms with E-state index in [4.69, 9.17) is 9.47 Å². The first kappa shape index (κ1) is 12.8. The van der Waals surface area contributed by atoms with Crippen molar-refractivity contribution < 1.29 is 14.3 Å². The number of hydrogen-bond donors (Lipinski definition) is 2. The van der Waals surface area contributed by atoms with E-state index in [0.29, 0.717) is 18.9 Å². The molecule has 0 spiro atoms. The highest BCUT2D eigenvalue weighted by Gasteiger charge is 2.25. The van der Waals surface area contributed by atoms with E-state index in [2.05, 4.69) is 15.5 Å². The summed E-state index contributed by atoms with van der Waals surface area (Å²) in [4.78, 5) is 11.4. The molecule has 6 nitrogen and oxygen atoms in total. The Morgan fingerprint density at radius 1 is 1.40 bits per heavy atom. The van der Waals surface area contributed by atoms with Gasteiger partial charge in [-0.1, -0.05) is 12.1 Å². The van der Waals surface area contributed by atoms with Crippen LogP contribution in [0.5, 0.6) is 0 Å². The van der Waals surface area contributed by atoms with E-state index < -0.39 is 6.29 Å². The van der Waals surface area contributed by atoms with Crippen molar-refractivity contribution in [1.29, 1.82) is 0 Å². The average molecular weight is 273 g/mol. The Kier molecular flexibility index (Phi) is 3.49. The van der Waals surface area contributed by atoms with Crippen LogP contribution >= 0.6 is 0 Å². The SMILES string of the molecule is CC(=O)Nc1cccc(-c2cn[nH]c2)c1C1OCCO1. The van der Waals surface area contributed by atoms with E-state index in [1.807, 2.05) is 18.2 Å². The quantitative estimate of drug-likeness (QED) is 0.897. The van der Waals surface area contributed by atoms with Crippen molar-refractivity contribution in [1.82, 2.24) is 10.2 Å². The molecule has 0 atom stereocenters. The van der Waals surface area contributed by atoms with Crippen LogP contribution in [0.15, 0.2) is 30.6 Å². The number of anilines is 1. The first-order valence-electron chi connectivity index (χ1n) is 6.38. The van der Waals surface area contributed by atoms with E-state index in [-0.39, 0.29) is 5.91 Å². The molecule has 1 amide bonds. The van der Waals surface area contributed by atoms with Crippen LogP contribution in [0, 0.1) is 0 Å². The normalized spacial score (nSPS) is 15.4. The summed E-state index contributed by atoms with van der Waals surface area (Å²) in [5.74, 6) is -0.131. The highest BCUT2D eigenvalue weighted by atomic mass is 16.7. The Bertz CT molecular complexity index is 604. The van der Waals surface area contributed by atoms with Crippen LogP contribution in [0.3, 0.4) is 0 Å². The fourth-order valence-corrected chi connectivity index (χ4v) is 2.29. The van der Waals surface area contributed by atoms with Gasteiger partial charge in [0, 0.05) is 29.9 Å². The average Bonchev–Trinajstić information content (AvgIpc) is 3.11. The summed E-state index contributed by atoms with van der Waals surface area (Å²) in [5.41, 5.74) is 3.37. The lowest BCUT2D eigenvalue weighted by molar-refractivity contribution is -0.114. The number of carbonyl (C=O) groups is 1. The van der Waals surface area contributed by atoms with E-state index in [1.165, 1.54) is 6.92 Å². The molecular weight excluding hydrogens is 258 g/mol. The zero-order valence-electron chi connectivity index (χ0n) is 11.1. The Balaban J connectivity index is 2.10. The Morgan fingerprint density at radius 2 is 2.20 bits per heavy atom. The molecule has 0 aliphatic carbocycles. The molecule has 0 saturated carbocycles. The van der Waals surface area contributed by atoms with Crippen LogP contribution in [0.25, 0.3) is 11.1 Å². The monoisotopic (exact) mass is 273 g/mol. The zero-order valence-corrected chi connectivity index (χ0v) is 11.1. The molecule has 3 rings (SSSR count). The summed E-state index contributed by atoms with van der Waals surface area (Å²) in [7, 11) is 0. The van der Waals surface area contributed by atoms with Crippen molar-refractivity contribution in [3.63, 3.8) is 0 Å². The molecule has 1 aliphatic heterocycles. The summed E-state index contributed by atoms with van der Waals surface area (Å²) in [6.07, 6.45) is 3.05. The minimum Gasteiger partial charge on any atom is -0.346 e. The summed E-state index contributed by atoms with van der Waals surface area (Å²) in [6.45, 7) is 2.57. The fourth-order valence-electron chi connectivity index (χ4n) is 2.29. The lowest BCUT2D eigenvalue weighted by Crippen LogP contribution is -2.11. The minimum atomic E-state index is -0.469. The molecule has 2 aromatic rings. The first-order valence-corrected chi connectivity index (χ1v) is 6.38. The first-order chi connectivity index (χ1) is 9.75. The number of aromatic nitrogens is 2. The number of H-pyrrole nitrogens is 1. The topological polar surface area (TPSA) is 76.2 Å². The van der Waals surface area contributed by atoms with Gasteiger partial charge in [0.25, 0.3) is 0 Å². The third kappa shape index (κ3) is 2.43. The second-order valence-electron chi connectivity index (χ2n) is 4.51. The minimum absolute atomic E-state index is 0.131. The van der Waals surface area contributed by atoms with E-state index in [0.717, 1.165) is 16.7 Å². The lowest BCUT2D eigenvalue weighted by Gasteiger charge is -2.18. The fraction of sp³-hybridized carbons (Fsp3) is 0.286. The highest BCUT2D eigenvalue weighted by Crippen LogP contribution is 2.37. The molecule has 2 heterocycles. The van der Waals surface area contributed by atoms with Gasteiger partial charge in [0.15, 0.2) is 6.29 Å². The van der Waals surface area contributed by atoms with Gasteiger partial charge in [-0.3, -0.25) is 9.89 Å². The molecule has 6 heteroatoms. The molecule has 1 saturated heterocycles. The predicted molar refractivity (Wildman–Crippen MR) is 73.0 cm³/mol. The summed E-state index contributed by atoms with van der Waals surface area (Å²) in [6, 6.07) is 5.67. The number of nitrogens with one attached hydrogen (secondary N) is 2. The number of benzene rings is 1. The molecule has 2 N–H and O–H groups in total. The summed E-state index contributed by atoms with van der Waals surface area (Å²) in [5, 5.41) is 9.57. The van der Waals surface area contributed by atoms with Gasteiger partial charge in [-0.25, -0.2) is 0 Å². The smallest absolute Gasteiger partial charge is 0.221 e. The van der Waals surface area contributed by atoms with Gasteiger partial charge in [-0.05, 0) is 11.6 Å². The van der Waals surface area contributed by atoms with Gasteiger partial charge >= 0.3 is 0 Å². The van der Waals surface area contributed by atoms with Crippen LogP contribution in [0.2, 0.25) is 0 Å². The maximum atomic E-state index is 11.4. The van der Waals surface area contributed by atoms with Crippen molar-refractivity contribution in [2.45, 2.75) is 13.2 Å². The number of nitrogens with zero attached hydrogens (tertiary/aromatic N) is 1. The van der Waals surface area contributed by atoms with Crippen molar-refractivity contribution in [2.24, 2.45) is 0 Å². The Morgan fingerprint density at radius 3 is 2.85 bits per heavy atom. The van der Waals surface area contributed by atoms with E-state index in [9.17, 15) is 4.79 Å². The van der Waals surface area contributed by atoms with Crippen molar-refractivity contribution in [2.75, 3.05) is 18.5 Å². The molecule has 1 aliphatic rings. The number of amides is 1. The predicted octanol–water partition coefficient (Wildman–Crippen LogP) is 2.08. The third-order valence-electron chi connectivity index (χ3n) is 3.08. The number of aromatic amines is 1. The van der Waals surface area contributed by atoms with Crippen LogP contribution in [0.4, 0.5) is 5.69 Å². The molecule has 104 valence electrons. The van der Waals surface area contributed by atoms with Crippen molar-refractivity contribution in [3.8, 4) is 11.1 Å². The Hall–Kier alpha value is -2.18. The maximum Gasteiger partial charge on any atom is 0.221 e. The zero-order chi connectivity index (χ0) is 13.9. The molecule has 1 aromatic heterocycles. The van der Waals surface area contributed by atoms with Crippen LogP contribution < -0.4 is 5.32 Å². The summed E-state index contributed by atoms with van der Waals surface area (Å²) < 4.78 is 11.2. The second kappa shape index (κ2) is 5.44. The molecule has 1 fully saturated rings. The van der Waals surface area contributed by atoms with Crippen molar-refractivity contribution >= 4 is 11.6 Å². The van der Waals surface area contributed by atoms with E-state index >= 15 is 0 Å². The van der Waals surface area contributed by atoms with Gasteiger partial charge in [0.1, 0.15) is 0 Å². The number of ether oxygens (including phenoxy) is 2. The molecule has 0 unspecified atom stereocenters. The molecule has 0 radical (unpaired) electrons. The molecular formula is C14H15N3O3. The van der Waals surface area contributed by atoms with Crippen molar-refractivity contribution in [3.05, 3.63) is 36.2 Å². The summed E-state index contributed by atoms with van der Waals surface area (Å²) >= 11 is 0. The van der Waals surface area contributed by atoms with E-state index in [1.54, 1.807) is 12.4 Å². The largest absolute Gasteiger partial charge is 0.346 e. The van der Waals surface area contributed by atoms with Gasteiger partial charge in [-0.15, -0.1) is 0 Å². The van der Waals surface area contributed by atoms with Gasteiger partial charge in [0.2, 0.25) is 5.91 Å². The van der Waals surface area contributed by atoms with Crippen LogP contribution in [-0.4, -0.2) is 29.3 Å². The third-order valence-corrected chi connectivity index (χ3v) is 3.08.